The van der Waals surface area contributed by atoms with Crippen molar-refractivity contribution in [3.8, 4) is 0 Å². The monoisotopic (exact) mass is 565 g/mol. The summed E-state index contributed by atoms with van der Waals surface area (Å²) in [5.41, 5.74) is -1.28. The molecule has 0 aliphatic carbocycles. The number of oxime groups is 1. The summed E-state index contributed by atoms with van der Waals surface area (Å²) in [7, 11) is 0. The first-order valence-corrected chi connectivity index (χ1v) is 12.5. The van der Waals surface area contributed by atoms with E-state index in [-0.39, 0.29) is 5.04 Å². The fraction of sp³-hybridized carbons (Fsp3) is 0.773. The smallest absolute Gasteiger partial charge is 0.303 e. The molecule has 2 N–H and O–H groups in total. The number of ether oxygens (including phenoxy) is 8. The van der Waals surface area contributed by atoms with Gasteiger partial charge in [-0.25, -0.2) is 0 Å². The summed E-state index contributed by atoms with van der Waals surface area (Å²) in [5.74, 6) is -4.04. The summed E-state index contributed by atoms with van der Waals surface area (Å²) in [6, 6.07) is 0. The van der Waals surface area contributed by atoms with Crippen molar-refractivity contribution in [3.05, 3.63) is 0 Å². The average Bonchev–Trinajstić information content (AvgIpc) is 3.25. The van der Waals surface area contributed by atoms with Crippen LogP contribution >= 0.6 is 11.8 Å². The van der Waals surface area contributed by atoms with Crippen molar-refractivity contribution in [2.24, 2.45) is 5.16 Å². The topological polar surface area (TPSA) is 195 Å². The van der Waals surface area contributed by atoms with Crippen LogP contribution in [0.25, 0.3) is 0 Å². The summed E-state index contributed by atoms with van der Waals surface area (Å²) in [6.45, 7) is 7.31. The van der Waals surface area contributed by atoms with Gasteiger partial charge < -0.3 is 48.2 Å². The summed E-state index contributed by atoms with van der Waals surface area (Å²) >= 11 is 0.677. The maximum Gasteiger partial charge on any atom is 0.303 e. The first kappa shape index (κ1) is 30.0. The highest BCUT2D eigenvalue weighted by atomic mass is 32.2. The van der Waals surface area contributed by atoms with Crippen LogP contribution in [-0.4, -0.2) is 106 Å². The van der Waals surface area contributed by atoms with Crippen molar-refractivity contribution in [3.63, 3.8) is 0 Å². The number of hydrogen-bond donors (Lipinski definition) is 2. The van der Waals surface area contributed by atoms with Crippen LogP contribution in [0, 0.1) is 0 Å². The number of nitrogens with zero attached hydrogens (tertiary/aromatic N) is 1. The lowest BCUT2D eigenvalue weighted by molar-refractivity contribution is -0.237. The SMILES string of the molecule is CC(=O)OC[C@H]1O[C@@H](S/C(=N\O)[C@H]2O[C@@H]3OC(C)(C)O[C@@H]3[C@H]2O)[C@H](OC(C)=O)[C@@H](OC(C)=O)[C@@H]1OC(C)=O. The van der Waals surface area contributed by atoms with Gasteiger partial charge in [0.1, 0.15) is 36.1 Å². The van der Waals surface area contributed by atoms with Gasteiger partial charge >= 0.3 is 23.9 Å². The third-order valence-corrected chi connectivity index (χ3v) is 6.71. The maximum absolute atomic E-state index is 12.0. The zero-order chi connectivity index (χ0) is 28.4. The number of aliphatic hydroxyl groups is 1. The first-order chi connectivity index (χ1) is 17.7. The minimum absolute atomic E-state index is 0.210. The minimum atomic E-state index is -1.41. The molecule has 3 saturated heterocycles. The van der Waals surface area contributed by atoms with Gasteiger partial charge in [0, 0.05) is 27.7 Å². The Kier molecular flexibility index (Phi) is 9.59. The highest BCUT2D eigenvalue weighted by molar-refractivity contribution is 8.14. The molecule has 0 unspecified atom stereocenters. The molecular formula is C22H31NO14S. The second kappa shape index (κ2) is 12.1. The zero-order valence-corrected chi connectivity index (χ0v) is 22.4. The van der Waals surface area contributed by atoms with Crippen molar-refractivity contribution in [2.75, 3.05) is 6.61 Å². The molecule has 0 spiro atoms. The number of carbonyl (C=O) groups is 4. The third-order valence-electron chi connectivity index (χ3n) is 5.54. The van der Waals surface area contributed by atoms with Crippen molar-refractivity contribution in [1.82, 2.24) is 0 Å². The minimum Gasteiger partial charge on any atom is -0.463 e. The highest BCUT2D eigenvalue weighted by Crippen LogP contribution is 2.41. The molecule has 38 heavy (non-hydrogen) atoms. The number of thioether (sulfide) groups is 1. The number of rotatable bonds is 7. The fourth-order valence-corrected chi connectivity index (χ4v) is 5.40. The van der Waals surface area contributed by atoms with Crippen LogP contribution in [0.4, 0.5) is 0 Å². The molecule has 3 heterocycles. The normalized spacial score (nSPS) is 36.2. The van der Waals surface area contributed by atoms with Gasteiger partial charge in [-0.1, -0.05) is 16.9 Å². The molecule has 214 valence electrons. The van der Waals surface area contributed by atoms with Crippen molar-refractivity contribution < 1.29 is 67.4 Å². The lowest BCUT2D eigenvalue weighted by Gasteiger charge is -2.44. The zero-order valence-electron chi connectivity index (χ0n) is 21.6. The number of hydrogen-bond acceptors (Lipinski definition) is 16. The van der Waals surface area contributed by atoms with E-state index in [0.29, 0.717) is 11.8 Å². The third kappa shape index (κ3) is 7.12. The predicted octanol–water partition coefficient (Wildman–Crippen LogP) is -0.172. The molecule has 0 aromatic carbocycles. The van der Waals surface area contributed by atoms with Crippen molar-refractivity contribution in [1.29, 1.82) is 0 Å². The van der Waals surface area contributed by atoms with Gasteiger partial charge in [-0.15, -0.1) is 0 Å². The van der Waals surface area contributed by atoms with Gasteiger partial charge in [-0.3, -0.25) is 19.2 Å². The number of esters is 4. The molecule has 3 aliphatic heterocycles. The molecule has 0 saturated carbocycles. The Labute approximate surface area is 222 Å². The molecule has 15 nitrogen and oxygen atoms in total. The quantitative estimate of drug-likeness (QED) is 0.103. The number of fused-ring (bicyclic) bond motifs is 1. The molecule has 3 rings (SSSR count). The second-order valence-corrected chi connectivity index (χ2v) is 10.3. The largest absolute Gasteiger partial charge is 0.463 e. The fourth-order valence-electron chi connectivity index (χ4n) is 4.25. The average molecular weight is 566 g/mol. The maximum atomic E-state index is 12.0. The molecule has 0 aromatic heterocycles. The van der Waals surface area contributed by atoms with Crippen LogP contribution in [0.1, 0.15) is 41.5 Å². The van der Waals surface area contributed by atoms with Crippen LogP contribution in [0.3, 0.4) is 0 Å². The molecular weight excluding hydrogens is 534 g/mol. The van der Waals surface area contributed by atoms with Gasteiger partial charge in [0.2, 0.25) is 0 Å². The Bertz CT molecular complexity index is 956. The lowest BCUT2D eigenvalue weighted by atomic mass is 9.99. The second-order valence-electron chi connectivity index (χ2n) is 9.14. The molecule has 0 amide bonds. The number of carbonyl (C=O) groups excluding carboxylic acids is 4. The molecule has 3 fully saturated rings. The van der Waals surface area contributed by atoms with Crippen LogP contribution in [-0.2, 0) is 57.1 Å². The van der Waals surface area contributed by atoms with Gasteiger partial charge in [-0.05, 0) is 13.8 Å². The lowest BCUT2D eigenvalue weighted by Crippen LogP contribution is -2.62. The Morgan fingerprint density at radius 1 is 0.868 bits per heavy atom. The summed E-state index contributed by atoms with van der Waals surface area (Å²) in [4.78, 5) is 47.3. The first-order valence-electron chi connectivity index (χ1n) is 11.6. The van der Waals surface area contributed by atoms with Crippen LogP contribution in [0.5, 0.6) is 0 Å². The van der Waals surface area contributed by atoms with E-state index >= 15 is 0 Å². The Balaban J connectivity index is 1.91. The van der Waals surface area contributed by atoms with Crippen molar-refractivity contribution >= 4 is 40.7 Å². The molecule has 16 heteroatoms. The Morgan fingerprint density at radius 3 is 1.97 bits per heavy atom. The Hall–Kier alpha value is -2.50. The van der Waals surface area contributed by atoms with E-state index in [1.165, 1.54) is 0 Å². The van der Waals surface area contributed by atoms with E-state index in [0.717, 1.165) is 27.7 Å². The molecule has 0 radical (unpaired) electrons. The van der Waals surface area contributed by atoms with Gasteiger partial charge in [0.05, 0.1) is 0 Å². The molecule has 0 bridgehead atoms. The predicted molar refractivity (Wildman–Crippen MR) is 123 cm³/mol. The van der Waals surface area contributed by atoms with Crippen LogP contribution in [0.2, 0.25) is 0 Å². The van der Waals surface area contributed by atoms with Crippen LogP contribution < -0.4 is 0 Å². The van der Waals surface area contributed by atoms with E-state index in [9.17, 15) is 29.5 Å². The Morgan fingerprint density at radius 2 is 1.45 bits per heavy atom. The summed E-state index contributed by atoms with van der Waals surface area (Å²) in [6.07, 6.45) is -9.75. The summed E-state index contributed by atoms with van der Waals surface area (Å²) in [5, 5.41) is 23.6. The van der Waals surface area contributed by atoms with E-state index in [2.05, 4.69) is 5.16 Å². The molecule has 3 aliphatic rings. The van der Waals surface area contributed by atoms with Gasteiger partial charge in [0.25, 0.3) is 0 Å². The molecule has 9 atom stereocenters. The van der Waals surface area contributed by atoms with Gasteiger partial charge in [0.15, 0.2) is 35.8 Å². The van der Waals surface area contributed by atoms with Crippen molar-refractivity contribution in [2.45, 2.75) is 102 Å². The highest BCUT2D eigenvalue weighted by Gasteiger charge is 2.58. The standard InChI is InChI=1S/C22H31NO14S/c1-8(24)30-7-12-14(31-9(2)25)17(32-10(3)26)18(33-11(4)27)21(34-12)38-19(23-29)15-13(28)16-20(35-15)37-22(5,6)36-16/h12-18,20-21,28-29H,7H2,1-6H3/b23-19-/t12-,13+,14-,15+,16-,17+,18-,20-,21+/m1/s1. The number of aliphatic hydroxyl groups excluding tert-OH is 1. The summed E-state index contributed by atoms with van der Waals surface area (Å²) < 4.78 is 44.1. The van der Waals surface area contributed by atoms with E-state index in [1.54, 1.807) is 13.8 Å². The van der Waals surface area contributed by atoms with E-state index in [1.807, 2.05) is 0 Å². The van der Waals surface area contributed by atoms with E-state index < -0.39 is 90.7 Å². The molecule has 0 aromatic rings. The van der Waals surface area contributed by atoms with Crippen LogP contribution in [0.15, 0.2) is 5.16 Å². The van der Waals surface area contributed by atoms with E-state index in [4.69, 9.17) is 37.9 Å². The van der Waals surface area contributed by atoms with Gasteiger partial charge in [-0.2, -0.15) is 0 Å².